The van der Waals surface area contributed by atoms with Crippen molar-refractivity contribution in [3.05, 3.63) is 60.9 Å². The maximum absolute atomic E-state index is 5.61. The van der Waals surface area contributed by atoms with Crippen LogP contribution in [-0.2, 0) is 0 Å². The van der Waals surface area contributed by atoms with Crippen molar-refractivity contribution in [2.24, 2.45) is 5.73 Å². The van der Waals surface area contributed by atoms with Crippen molar-refractivity contribution in [1.82, 2.24) is 4.90 Å². The van der Waals surface area contributed by atoms with E-state index in [1.165, 1.54) is 0 Å². The molecule has 0 saturated heterocycles. The second-order valence-electron chi connectivity index (χ2n) is 5.09. The summed E-state index contributed by atoms with van der Waals surface area (Å²) in [5.74, 6) is 0.850. The Morgan fingerprint density at radius 1 is 1.08 bits per heavy atom. The molecule has 2 aromatic rings. The molecule has 0 atom stereocenters. The number of anilines is 3. The van der Waals surface area contributed by atoms with Crippen molar-refractivity contribution in [2.45, 2.75) is 0 Å². The minimum atomic E-state index is 0.574. The lowest BCUT2D eigenvalue weighted by Crippen LogP contribution is -2.72. The summed E-state index contributed by atoms with van der Waals surface area (Å²) in [5, 5.41) is 5.24. The van der Waals surface area contributed by atoms with E-state index >= 15 is 0 Å². The van der Waals surface area contributed by atoms with E-state index in [9.17, 15) is 0 Å². The van der Waals surface area contributed by atoms with Crippen molar-refractivity contribution in [1.29, 1.82) is 0 Å². The number of rotatable bonds is 6. The number of nitrogen functional groups attached to an aromatic ring is 1. The number of ether oxygens (including phenoxy) is 1. The largest absolute Gasteiger partial charge is 0.497 e. The van der Waals surface area contributed by atoms with E-state index in [1.807, 2.05) is 85.2 Å². The second kappa shape index (κ2) is 10.9. The summed E-state index contributed by atoms with van der Waals surface area (Å²) in [6.45, 7) is 0.574. The van der Waals surface area contributed by atoms with Gasteiger partial charge in [0.25, 0.3) is 0 Å². The lowest BCUT2D eigenvalue weighted by atomic mass is 10.2. The summed E-state index contributed by atoms with van der Waals surface area (Å²) in [6, 6.07) is 15.4. The van der Waals surface area contributed by atoms with E-state index in [1.54, 1.807) is 7.11 Å². The van der Waals surface area contributed by atoms with Gasteiger partial charge in [-0.1, -0.05) is 0 Å². The zero-order valence-electron chi connectivity index (χ0n) is 14.6. The van der Waals surface area contributed by atoms with Gasteiger partial charge in [0.15, 0.2) is 0 Å². The predicted octanol–water partition coefficient (Wildman–Crippen LogP) is 1.52. The number of quaternary nitrogens is 1. The van der Waals surface area contributed by atoms with E-state index in [0.29, 0.717) is 6.67 Å². The highest BCUT2D eigenvalue weighted by Gasteiger charge is 1.95. The quantitative estimate of drug-likeness (QED) is 0.476. The Morgan fingerprint density at radius 2 is 1.62 bits per heavy atom. The average Bonchev–Trinajstić information content (AvgIpc) is 2.62. The van der Waals surface area contributed by atoms with Gasteiger partial charge in [-0.2, -0.15) is 0 Å². The summed E-state index contributed by atoms with van der Waals surface area (Å²) in [7, 11) is 5.56. The molecule has 0 unspecified atom stereocenters. The van der Waals surface area contributed by atoms with Crippen LogP contribution in [-0.4, -0.2) is 32.8 Å². The monoisotopic (exact) mass is 330 g/mol. The van der Waals surface area contributed by atoms with E-state index in [4.69, 9.17) is 16.2 Å². The Balaban J connectivity index is 0.000000307. The molecule has 2 aromatic carbocycles. The first-order valence-electron chi connectivity index (χ1n) is 7.72. The summed E-state index contributed by atoms with van der Waals surface area (Å²) in [4.78, 5) is 1.90. The standard InChI is InChI=1S/C13H14N2O.C5H13N3/c1-16-13-8-6-12(7-9-13)15-11-4-2-10(14)3-5-11;1-7-3-4-8(2)5-6/h2-9,15H,14H2,1H3;3-4,7H,5-6H2,1-2H3/p+1/b;4-3-. The maximum Gasteiger partial charge on any atom is 0.119 e. The van der Waals surface area contributed by atoms with Crippen LogP contribution < -0.4 is 26.8 Å². The van der Waals surface area contributed by atoms with Gasteiger partial charge in [0.1, 0.15) is 11.9 Å². The molecule has 7 N–H and O–H groups in total. The molecular weight excluding hydrogens is 302 g/mol. The third kappa shape index (κ3) is 7.53. The highest BCUT2D eigenvalue weighted by atomic mass is 16.5. The predicted molar refractivity (Wildman–Crippen MR) is 101 cm³/mol. The van der Waals surface area contributed by atoms with Crippen LogP contribution in [0.5, 0.6) is 5.75 Å². The van der Waals surface area contributed by atoms with E-state index in [2.05, 4.69) is 5.32 Å². The molecule has 24 heavy (non-hydrogen) atoms. The van der Waals surface area contributed by atoms with Crippen molar-refractivity contribution in [2.75, 3.05) is 38.9 Å². The Labute approximate surface area is 144 Å². The van der Waals surface area contributed by atoms with Crippen LogP contribution in [0.2, 0.25) is 0 Å². The first-order valence-corrected chi connectivity index (χ1v) is 7.72. The zero-order chi connectivity index (χ0) is 17.8. The SMILES string of the molecule is COc1ccc(Nc2ccc(N)cc2)cc1.C[NH2+]/C=C\N(C)CN. The minimum Gasteiger partial charge on any atom is -0.497 e. The van der Waals surface area contributed by atoms with Crippen LogP contribution in [0.4, 0.5) is 17.1 Å². The average molecular weight is 330 g/mol. The lowest BCUT2D eigenvalue weighted by molar-refractivity contribution is -0.557. The molecule has 0 amide bonds. The van der Waals surface area contributed by atoms with Gasteiger partial charge in [0.2, 0.25) is 0 Å². The molecule has 0 spiro atoms. The summed E-state index contributed by atoms with van der Waals surface area (Å²) < 4.78 is 5.09. The van der Waals surface area contributed by atoms with E-state index in [0.717, 1.165) is 22.8 Å². The summed E-state index contributed by atoms with van der Waals surface area (Å²) in [6.07, 6.45) is 3.88. The summed E-state index contributed by atoms with van der Waals surface area (Å²) >= 11 is 0. The van der Waals surface area contributed by atoms with Gasteiger partial charge in [-0.25, -0.2) is 0 Å². The molecule has 2 rings (SSSR count). The topological polar surface area (TPSA) is 93.1 Å². The van der Waals surface area contributed by atoms with Gasteiger partial charge >= 0.3 is 0 Å². The normalized spacial score (nSPS) is 10.0. The molecule has 0 aliphatic rings. The van der Waals surface area contributed by atoms with Gasteiger partial charge in [-0.3, -0.25) is 0 Å². The fraction of sp³-hybridized carbons (Fsp3) is 0.222. The first kappa shape index (κ1) is 19.3. The van der Waals surface area contributed by atoms with Crippen molar-refractivity contribution in [3.8, 4) is 5.75 Å². The maximum atomic E-state index is 5.61. The molecular formula is C18H28N5O+. The molecule has 6 heteroatoms. The van der Waals surface area contributed by atoms with E-state index < -0.39 is 0 Å². The fourth-order valence-electron chi connectivity index (χ4n) is 1.70. The Hall–Kier alpha value is -2.70. The molecule has 0 radical (unpaired) electrons. The van der Waals surface area contributed by atoms with Crippen LogP contribution in [0.3, 0.4) is 0 Å². The van der Waals surface area contributed by atoms with Gasteiger partial charge in [-0.15, -0.1) is 0 Å². The van der Waals surface area contributed by atoms with Crippen molar-refractivity contribution < 1.29 is 10.1 Å². The van der Waals surface area contributed by atoms with Crippen LogP contribution in [0.25, 0.3) is 0 Å². The van der Waals surface area contributed by atoms with Crippen LogP contribution in [0.15, 0.2) is 60.9 Å². The van der Waals surface area contributed by atoms with E-state index in [-0.39, 0.29) is 0 Å². The van der Waals surface area contributed by atoms with Crippen LogP contribution >= 0.6 is 0 Å². The summed E-state index contributed by atoms with van der Waals surface area (Å²) in [5.41, 5.74) is 13.7. The number of hydrogen-bond donors (Lipinski definition) is 4. The fourth-order valence-corrected chi connectivity index (χ4v) is 1.70. The Bertz CT molecular complexity index is 596. The van der Waals surface area contributed by atoms with Crippen LogP contribution in [0.1, 0.15) is 0 Å². The van der Waals surface area contributed by atoms with Crippen molar-refractivity contribution in [3.63, 3.8) is 0 Å². The Morgan fingerprint density at radius 3 is 2.08 bits per heavy atom. The molecule has 0 heterocycles. The van der Waals surface area contributed by atoms with Gasteiger partial charge in [0, 0.05) is 24.1 Å². The second-order valence-corrected chi connectivity index (χ2v) is 5.09. The Kier molecular flexibility index (Phi) is 8.81. The molecule has 0 aromatic heterocycles. The molecule has 0 saturated carbocycles. The van der Waals surface area contributed by atoms with Crippen LogP contribution in [0, 0.1) is 0 Å². The molecule has 0 bridgehead atoms. The third-order valence-electron chi connectivity index (χ3n) is 3.11. The van der Waals surface area contributed by atoms with Crippen molar-refractivity contribution >= 4 is 17.1 Å². The number of nitrogens with one attached hydrogen (secondary N) is 1. The number of methoxy groups -OCH3 is 1. The third-order valence-corrected chi connectivity index (χ3v) is 3.11. The molecule has 6 nitrogen and oxygen atoms in total. The zero-order valence-corrected chi connectivity index (χ0v) is 14.6. The number of nitrogens with zero attached hydrogens (tertiary/aromatic N) is 1. The molecule has 0 aliphatic heterocycles. The van der Waals surface area contributed by atoms with Gasteiger partial charge < -0.3 is 31.7 Å². The smallest absolute Gasteiger partial charge is 0.119 e. The highest BCUT2D eigenvalue weighted by Crippen LogP contribution is 2.20. The van der Waals surface area contributed by atoms with Gasteiger partial charge in [-0.05, 0) is 48.5 Å². The lowest BCUT2D eigenvalue weighted by Gasteiger charge is -2.07. The highest BCUT2D eigenvalue weighted by molar-refractivity contribution is 5.62. The molecule has 130 valence electrons. The molecule has 0 fully saturated rings. The number of nitrogens with two attached hydrogens (primary N) is 3. The minimum absolute atomic E-state index is 0.574. The number of benzene rings is 2. The first-order chi connectivity index (χ1) is 11.6. The number of hydrogen-bond acceptors (Lipinski definition) is 5. The van der Waals surface area contributed by atoms with Gasteiger partial charge in [0.05, 0.1) is 27.0 Å². The molecule has 0 aliphatic carbocycles.